The fourth-order valence-corrected chi connectivity index (χ4v) is 2.24. The minimum absolute atomic E-state index is 0.0102. The van der Waals surface area contributed by atoms with Gasteiger partial charge in [-0.25, -0.2) is 4.39 Å². The fourth-order valence-electron chi connectivity index (χ4n) is 2.24. The predicted octanol–water partition coefficient (Wildman–Crippen LogP) is 2.92. The second-order valence-electron chi connectivity index (χ2n) is 6.10. The van der Waals surface area contributed by atoms with Gasteiger partial charge in [0.05, 0.1) is 12.3 Å². The largest absolute Gasteiger partial charge is 0.494 e. The van der Waals surface area contributed by atoms with Crippen molar-refractivity contribution in [3.05, 3.63) is 59.9 Å². The molecule has 7 nitrogen and oxygen atoms in total. The Hall–Kier alpha value is -3.42. The number of nitrogens with one attached hydrogen (secondary N) is 2. The van der Waals surface area contributed by atoms with Crippen LogP contribution in [0.5, 0.6) is 5.75 Å². The quantitative estimate of drug-likeness (QED) is 0.471. The Kier molecular flexibility index (Phi) is 8.62. The van der Waals surface area contributed by atoms with Gasteiger partial charge in [0.25, 0.3) is 11.8 Å². The molecule has 154 valence electrons. The first-order valence-electron chi connectivity index (χ1n) is 9.20. The third-order valence-electron chi connectivity index (χ3n) is 3.79. The molecule has 0 radical (unpaired) electrons. The van der Waals surface area contributed by atoms with Crippen molar-refractivity contribution in [2.45, 2.75) is 19.8 Å². The molecule has 2 aromatic rings. The van der Waals surface area contributed by atoms with Gasteiger partial charge in [-0.2, -0.15) is 0 Å². The highest BCUT2D eigenvalue weighted by Gasteiger charge is 2.12. The zero-order valence-electron chi connectivity index (χ0n) is 16.1. The lowest BCUT2D eigenvalue weighted by molar-refractivity contribution is -0.146. The SMILES string of the molecule is CCCCOc1ccc(C(=O)NCC(=O)OCC(=O)Nc2ccccc2F)cc1. The first-order chi connectivity index (χ1) is 14.0. The molecule has 0 aromatic heterocycles. The zero-order chi connectivity index (χ0) is 21.1. The van der Waals surface area contributed by atoms with Gasteiger partial charge in [-0.1, -0.05) is 25.5 Å². The summed E-state index contributed by atoms with van der Waals surface area (Å²) in [5.41, 5.74) is 0.349. The van der Waals surface area contributed by atoms with Crippen LogP contribution in [0, 0.1) is 5.82 Å². The van der Waals surface area contributed by atoms with Crippen LogP contribution in [-0.2, 0) is 14.3 Å². The summed E-state index contributed by atoms with van der Waals surface area (Å²) in [5.74, 6) is -1.87. The smallest absolute Gasteiger partial charge is 0.325 e. The van der Waals surface area contributed by atoms with E-state index in [9.17, 15) is 18.8 Å². The topological polar surface area (TPSA) is 93.7 Å². The molecule has 0 saturated carbocycles. The summed E-state index contributed by atoms with van der Waals surface area (Å²) in [7, 11) is 0. The summed E-state index contributed by atoms with van der Waals surface area (Å²) in [4.78, 5) is 35.5. The average Bonchev–Trinajstić information content (AvgIpc) is 2.73. The molecule has 0 bridgehead atoms. The summed E-state index contributed by atoms with van der Waals surface area (Å²) in [6.07, 6.45) is 1.98. The van der Waals surface area contributed by atoms with Gasteiger partial charge in [-0.15, -0.1) is 0 Å². The summed E-state index contributed by atoms with van der Waals surface area (Å²) in [6, 6.07) is 12.2. The van der Waals surface area contributed by atoms with Gasteiger partial charge in [0, 0.05) is 5.56 Å². The van der Waals surface area contributed by atoms with Crippen molar-refractivity contribution in [3.8, 4) is 5.75 Å². The Morgan fingerprint density at radius 2 is 1.76 bits per heavy atom. The van der Waals surface area contributed by atoms with Gasteiger partial charge in [0.1, 0.15) is 18.1 Å². The van der Waals surface area contributed by atoms with E-state index in [1.54, 1.807) is 30.3 Å². The number of para-hydroxylation sites is 1. The van der Waals surface area contributed by atoms with Crippen LogP contribution in [0.4, 0.5) is 10.1 Å². The molecule has 0 heterocycles. The highest BCUT2D eigenvalue weighted by atomic mass is 19.1. The molecular weight excluding hydrogens is 379 g/mol. The van der Waals surface area contributed by atoms with Gasteiger partial charge in [-0.05, 0) is 42.8 Å². The molecule has 0 saturated heterocycles. The molecule has 0 aliphatic carbocycles. The zero-order valence-corrected chi connectivity index (χ0v) is 16.1. The molecule has 0 fully saturated rings. The number of rotatable bonds is 10. The van der Waals surface area contributed by atoms with Crippen molar-refractivity contribution in [2.75, 3.05) is 25.1 Å². The van der Waals surface area contributed by atoms with E-state index >= 15 is 0 Å². The first-order valence-corrected chi connectivity index (χ1v) is 9.20. The van der Waals surface area contributed by atoms with E-state index in [1.165, 1.54) is 18.2 Å². The van der Waals surface area contributed by atoms with E-state index in [1.807, 2.05) is 0 Å². The van der Waals surface area contributed by atoms with E-state index in [-0.39, 0.29) is 5.69 Å². The second-order valence-corrected chi connectivity index (χ2v) is 6.10. The molecular formula is C21H23FN2O5. The minimum atomic E-state index is -0.790. The number of hydrogen-bond donors (Lipinski definition) is 2. The summed E-state index contributed by atoms with van der Waals surface area (Å²) in [5, 5.41) is 4.70. The van der Waals surface area contributed by atoms with Crippen molar-refractivity contribution in [3.63, 3.8) is 0 Å². The van der Waals surface area contributed by atoms with E-state index in [2.05, 4.69) is 17.6 Å². The van der Waals surface area contributed by atoms with Gasteiger partial charge in [-0.3, -0.25) is 14.4 Å². The van der Waals surface area contributed by atoms with Crippen LogP contribution < -0.4 is 15.4 Å². The molecule has 0 spiro atoms. The minimum Gasteiger partial charge on any atom is -0.494 e. The number of ether oxygens (including phenoxy) is 2. The van der Waals surface area contributed by atoms with Crippen LogP contribution in [0.3, 0.4) is 0 Å². The number of halogens is 1. The van der Waals surface area contributed by atoms with Gasteiger partial charge in [0.2, 0.25) is 0 Å². The Bertz CT molecular complexity index is 839. The van der Waals surface area contributed by atoms with Gasteiger partial charge in [0.15, 0.2) is 6.61 Å². The summed E-state index contributed by atoms with van der Waals surface area (Å²) >= 11 is 0. The Morgan fingerprint density at radius 3 is 2.45 bits per heavy atom. The monoisotopic (exact) mass is 402 g/mol. The van der Waals surface area contributed by atoms with E-state index in [0.717, 1.165) is 12.8 Å². The number of benzene rings is 2. The highest BCUT2D eigenvalue weighted by molar-refractivity contribution is 5.96. The first kappa shape index (κ1) is 21.9. The summed E-state index contributed by atoms with van der Waals surface area (Å²) < 4.78 is 23.7. The van der Waals surface area contributed by atoms with Crippen molar-refractivity contribution in [2.24, 2.45) is 0 Å². The number of anilines is 1. The second kappa shape index (κ2) is 11.4. The van der Waals surface area contributed by atoms with Crippen LogP contribution >= 0.6 is 0 Å². The number of esters is 1. The molecule has 0 aliphatic rings. The maximum absolute atomic E-state index is 13.4. The average molecular weight is 402 g/mol. The van der Waals surface area contributed by atoms with Crippen LogP contribution in [0.25, 0.3) is 0 Å². The number of carbonyl (C=O) groups is 3. The Balaban J connectivity index is 1.70. The van der Waals surface area contributed by atoms with Gasteiger partial charge < -0.3 is 20.1 Å². The number of unbranched alkanes of at least 4 members (excludes halogenated alkanes) is 1. The lowest BCUT2D eigenvalue weighted by Crippen LogP contribution is -2.32. The number of hydrogen-bond acceptors (Lipinski definition) is 5. The Morgan fingerprint density at radius 1 is 1.03 bits per heavy atom. The molecule has 8 heteroatoms. The van der Waals surface area contributed by atoms with E-state index in [4.69, 9.17) is 9.47 Å². The molecule has 29 heavy (non-hydrogen) atoms. The van der Waals surface area contributed by atoms with Gasteiger partial charge >= 0.3 is 5.97 Å². The molecule has 2 amide bonds. The Labute approximate surface area is 168 Å². The maximum atomic E-state index is 13.4. The van der Waals surface area contributed by atoms with Crippen LogP contribution in [-0.4, -0.2) is 37.5 Å². The van der Waals surface area contributed by atoms with Crippen molar-refractivity contribution in [1.82, 2.24) is 5.32 Å². The highest BCUT2D eigenvalue weighted by Crippen LogP contribution is 2.13. The summed E-state index contributed by atoms with van der Waals surface area (Å²) in [6.45, 7) is 1.68. The standard InChI is InChI=1S/C21H23FN2O5/c1-2-3-12-28-16-10-8-15(9-11-16)21(27)23-13-20(26)29-14-19(25)24-18-7-5-4-6-17(18)22/h4-11H,2-3,12-14H2,1H3,(H,23,27)(H,24,25). The van der Waals surface area contributed by atoms with Crippen molar-refractivity contribution < 1.29 is 28.2 Å². The van der Waals surface area contributed by atoms with Crippen molar-refractivity contribution >= 4 is 23.5 Å². The molecule has 2 rings (SSSR count). The third-order valence-corrected chi connectivity index (χ3v) is 3.79. The molecule has 0 unspecified atom stereocenters. The molecule has 0 aliphatic heterocycles. The van der Waals surface area contributed by atoms with Crippen LogP contribution in [0.15, 0.2) is 48.5 Å². The predicted molar refractivity (Wildman–Crippen MR) is 105 cm³/mol. The molecule has 0 atom stereocenters. The maximum Gasteiger partial charge on any atom is 0.325 e. The van der Waals surface area contributed by atoms with Crippen LogP contribution in [0.1, 0.15) is 30.1 Å². The molecule has 2 N–H and O–H groups in total. The lowest BCUT2D eigenvalue weighted by atomic mass is 10.2. The van der Waals surface area contributed by atoms with E-state index < -0.39 is 36.8 Å². The van der Waals surface area contributed by atoms with E-state index in [0.29, 0.717) is 17.9 Å². The lowest BCUT2D eigenvalue weighted by Gasteiger charge is -2.09. The number of carbonyl (C=O) groups excluding carboxylic acids is 3. The molecule has 2 aromatic carbocycles. The normalized spacial score (nSPS) is 10.1. The fraction of sp³-hybridized carbons (Fsp3) is 0.286. The number of amides is 2. The third kappa shape index (κ3) is 7.61. The van der Waals surface area contributed by atoms with Crippen LogP contribution in [0.2, 0.25) is 0 Å². The van der Waals surface area contributed by atoms with Crippen molar-refractivity contribution in [1.29, 1.82) is 0 Å².